The van der Waals surface area contributed by atoms with Crippen LogP contribution in [0.2, 0.25) is 0 Å². The molecule has 0 fully saturated rings. The van der Waals surface area contributed by atoms with Crippen LogP contribution in [0.4, 0.5) is 0 Å². The summed E-state index contributed by atoms with van der Waals surface area (Å²) in [6.07, 6.45) is 1.57. The van der Waals surface area contributed by atoms with Crippen molar-refractivity contribution >= 4 is 44.5 Å². The van der Waals surface area contributed by atoms with E-state index in [2.05, 4.69) is 28.2 Å². The second kappa shape index (κ2) is 11.4. The van der Waals surface area contributed by atoms with Crippen molar-refractivity contribution in [3.05, 3.63) is 92.9 Å². The highest BCUT2D eigenvalue weighted by molar-refractivity contribution is 9.10. The van der Waals surface area contributed by atoms with Gasteiger partial charge in [-0.3, -0.25) is 15.1 Å². The number of carbonyl (C=O) groups is 1. The first kappa shape index (κ1) is 25.4. The van der Waals surface area contributed by atoms with Crippen molar-refractivity contribution in [2.24, 2.45) is 10.1 Å². The number of benzene rings is 3. The fourth-order valence-corrected chi connectivity index (χ4v) is 5.69. The Bertz CT molecular complexity index is 1460. The average Bonchev–Trinajstić information content (AvgIpc) is 2.92. The molecule has 3 aromatic rings. The molecule has 5 rings (SSSR count). The average molecular weight is 580 g/mol. The molecule has 7 nitrogen and oxygen atoms in total. The number of unbranched alkanes of at least 4 members (excludes halogenated alkanes) is 1. The van der Waals surface area contributed by atoms with E-state index >= 15 is 0 Å². The van der Waals surface area contributed by atoms with Gasteiger partial charge in [0.2, 0.25) is 0 Å². The van der Waals surface area contributed by atoms with Crippen molar-refractivity contribution < 1.29 is 14.3 Å². The molecule has 37 heavy (non-hydrogen) atoms. The van der Waals surface area contributed by atoms with Gasteiger partial charge in [-0.1, -0.05) is 73.6 Å². The van der Waals surface area contributed by atoms with Gasteiger partial charge >= 0.3 is 0 Å². The number of carbonyl (C=O) groups excluding carboxylic acids is 1. The maximum atomic E-state index is 13.3. The zero-order chi connectivity index (χ0) is 25.8. The number of amides is 1. The summed E-state index contributed by atoms with van der Waals surface area (Å²) in [5.74, 6) is 1.87. The zero-order valence-corrected chi connectivity index (χ0v) is 23.0. The summed E-state index contributed by atoms with van der Waals surface area (Å²) in [4.78, 5) is 18.3. The molecule has 1 atom stereocenters. The van der Waals surface area contributed by atoms with E-state index in [1.807, 2.05) is 66.7 Å². The van der Waals surface area contributed by atoms with E-state index in [1.165, 1.54) is 0 Å². The first-order valence-corrected chi connectivity index (χ1v) is 13.9. The molecular formula is C28H27BrN4O3S. The number of thioether (sulfide) groups is 1. The molecular weight excluding hydrogens is 552 g/mol. The second-order valence-electron chi connectivity index (χ2n) is 8.58. The van der Waals surface area contributed by atoms with Crippen LogP contribution in [0.5, 0.6) is 11.5 Å². The number of fused-ring (bicyclic) bond motifs is 2. The van der Waals surface area contributed by atoms with Crippen molar-refractivity contribution in [2.45, 2.75) is 32.5 Å². The number of hydrogen-bond donors (Lipinski definition) is 1. The maximum absolute atomic E-state index is 13.3. The molecule has 1 N–H and O–H groups in total. The number of halogens is 1. The molecule has 2 heterocycles. The lowest BCUT2D eigenvalue weighted by Crippen LogP contribution is -2.50. The van der Waals surface area contributed by atoms with Gasteiger partial charge in [-0.25, -0.2) is 5.01 Å². The molecule has 9 heteroatoms. The van der Waals surface area contributed by atoms with Gasteiger partial charge in [-0.15, -0.1) is 5.10 Å². The van der Waals surface area contributed by atoms with Crippen LogP contribution in [0, 0.1) is 0 Å². The number of nitrogens with zero attached hydrogens (tertiary/aromatic N) is 3. The third-order valence-electron chi connectivity index (χ3n) is 6.03. The van der Waals surface area contributed by atoms with Crippen LogP contribution < -0.4 is 25.4 Å². The summed E-state index contributed by atoms with van der Waals surface area (Å²) in [5.41, 5.74) is 2.36. The summed E-state index contributed by atoms with van der Waals surface area (Å²) in [6, 6.07) is 21.5. The van der Waals surface area contributed by atoms with Crippen LogP contribution >= 0.6 is 27.7 Å². The zero-order valence-electron chi connectivity index (χ0n) is 20.6. The Hall–Kier alpha value is -3.30. The highest BCUT2D eigenvalue weighted by Gasteiger charge is 2.35. The fourth-order valence-electron chi connectivity index (χ4n) is 4.18. The van der Waals surface area contributed by atoms with Crippen molar-refractivity contribution in [3.8, 4) is 11.5 Å². The van der Waals surface area contributed by atoms with Gasteiger partial charge in [0.1, 0.15) is 12.3 Å². The molecule has 2 aliphatic heterocycles. The normalized spacial score (nSPS) is 16.2. The Labute approximate surface area is 228 Å². The third-order valence-corrected chi connectivity index (χ3v) is 7.57. The molecule has 0 aliphatic carbocycles. The summed E-state index contributed by atoms with van der Waals surface area (Å²) >= 11 is 5.22. The number of para-hydroxylation sites is 1. The second-order valence-corrected chi connectivity index (χ2v) is 10.5. The van der Waals surface area contributed by atoms with Gasteiger partial charge in [0.25, 0.3) is 5.91 Å². The fraction of sp³-hybridized carbons (Fsp3) is 0.250. The molecule has 3 aromatic carbocycles. The smallest absolute Gasteiger partial charge is 0.276 e. The van der Waals surface area contributed by atoms with Crippen LogP contribution in [0.15, 0.2) is 81.3 Å². The predicted octanol–water partition coefficient (Wildman–Crippen LogP) is 4.71. The molecule has 0 saturated carbocycles. The van der Waals surface area contributed by atoms with Crippen molar-refractivity contribution in [1.29, 1.82) is 0 Å². The third kappa shape index (κ3) is 5.38. The van der Waals surface area contributed by atoms with Crippen LogP contribution in [0.25, 0.3) is 5.70 Å². The lowest BCUT2D eigenvalue weighted by atomic mass is 10.1. The Morgan fingerprint density at radius 3 is 2.68 bits per heavy atom. The largest absolute Gasteiger partial charge is 0.493 e. The Morgan fingerprint density at radius 2 is 1.89 bits per heavy atom. The number of rotatable bonds is 8. The van der Waals surface area contributed by atoms with E-state index in [1.54, 1.807) is 23.9 Å². The Kier molecular flexibility index (Phi) is 7.81. The van der Waals surface area contributed by atoms with Gasteiger partial charge in [0, 0.05) is 16.5 Å². The summed E-state index contributed by atoms with van der Waals surface area (Å²) in [7, 11) is 1.61. The topological polar surface area (TPSA) is 75.5 Å². The Morgan fingerprint density at radius 1 is 1.11 bits per heavy atom. The van der Waals surface area contributed by atoms with Gasteiger partial charge in [0.15, 0.2) is 22.8 Å². The van der Waals surface area contributed by atoms with Crippen molar-refractivity contribution in [3.63, 3.8) is 0 Å². The molecule has 0 spiro atoms. The highest BCUT2D eigenvalue weighted by atomic mass is 79.9. The van der Waals surface area contributed by atoms with Crippen LogP contribution in [0.3, 0.4) is 0 Å². The van der Waals surface area contributed by atoms with E-state index in [-0.39, 0.29) is 5.91 Å². The Balaban J connectivity index is 1.54. The first-order chi connectivity index (χ1) is 18.1. The summed E-state index contributed by atoms with van der Waals surface area (Å²) < 4.78 is 12.6. The monoisotopic (exact) mass is 578 g/mol. The molecule has 0 bridgehead atoms. The molecule has 2 aliphatic rings. The van der Waals surface area contributed by atoms with E-state index < -0.39 is 6.17 Å². The molecule has 1 amide bonds. The van der Waals surface area contributed by atoms with Gasteiger partial charge in [-0.05, 0) is 46.1 Å². The number of hydrazone groups is 1. The molecule has 0 unspecified atom stereocenters. The number of ether oxygens (including phenoxy) is 2. The lowest BCUT2D eigenvalue weighted by Gasteiger charge is -2.34. The minimum absolute atomic E-state index is 0.185. The predicted molar refractivity (Wildman–Crippen MR) is 150 cm³/mol. The number of amidine groups is 1. The summed E-state index contributed by atoms with van der Waals surface area (Å²) in [6.45, 7) is 2.55. The molecule has 0 saturated heterocycles. The number of hydrogen-bond acceptors (Lipinski definition) is 7. The standard InChI is InChI=1S/C28H27BrN4O3S/c1-3-4-14-37-28-31-27(34)24-20-12-8-9-13-22(20)30-26(33(24)32-28)19-15-21(29)25(23(16-19)35-2)36-17-18-10-6-5-7-11-18/h5-13,15-16,26H,3-4,14,17H2,1-2H3,(H,31,32,34)/t26-/m1/s1. The van der Waals surface area contributed by atoms with Crippen LogP contribution in [-0.4, -0.2) is 28.9 Å². The van der Waals surface area contributed by atoms with Gasteiger partial charge in [-0.2, -0.15) is 0 Å². The molecule has 0 aromatic heterocycles. The SMILES string of the molecule is CCCCSC1=NN2C(=c3ccccc3=N[C@H]2c2cc(Br)c(OCc3ccccc3)c(OC)c2)C(=O)N1. The van der Waals surface area contributed by atoms with Crippen molar-refractivity contribution in [1.82, 2.24) is 10.3 Å². The van der Waals surface area contributed by atoms with E-state index in [0.29, 0.717) is 29.0 Å². The lowest BCUT2D eigenvalue weighted by molar-refractivity contribution is -0.116. The van der Waals surface area contributed by atoms with Crippen molar-refractivity contribution in [2.75, 3.05) is 12.9 Å². The number of nitrogens with one attached hydrogen (secondary N) is 1. The van der Waals surface area contributed by atoms with E-state index in [4.69, 9.17) is 19.6 Å². The first-order valence-electron chi connectivity index (χ1n) is 12.1. The van der Waals surface area contributed by atoms with Gasteiger partial charge < -0.3 is 9.47 Å². The van der Waals surface area contributed by atoms with E-state index in [0.717, 1.165) is 44.8 Å². The maximum Gasteiger partial charge on any atom is 0.276 e. The minimum atomic E-state index is -0.550. The minimum Gasteiger partial charge on any atom is -0.493 e. The molecule has 190 valence electrons. The molecule has 0 radical (unpaired) electrons. The quantitative estimate of drug-likeness (QED) is 0.392. The van der Waals surface area contributed by atoms with Crippen LogP contribution in [-0.2, 0) is 11.4 Å². The van der Waals surface area contributed by atoms with Crippen LogP contribution in [0.1, 0.15) is 37.1 Å². The van der Waals surface area contributed by atoms with E-state index in [9.17, 15) is 4.79 Å². The van der Waals surface area contributed by atoms with Gasteiger partial charge in [0.05, 0.1) is 16.9 Å². The highest BCUT2D eigenvalue weighted by Crippen LogP contribution is 2.41. The summed E-state index contributed by atoms with van der Waals surface area (Å²) in [5, 5.41) is 11.6. The number of methoxy groups -OCH3 is 1.